The molecule has 19 heavy (non-hydrogen) atoms. The Morgan fingerprint density at radius 3 is 2.53 bits per heavy atom. The molecule has 0 N–H and O–H groups in total. The number of benzene rings is 1. The van der Waals surface area contributed by atoms with Crippen molar-refractivity contribution in [2.75, 3.05) is 0 Å². The zero-order chi connectivity index (χ0) is 14.0. The topological polar surface area (TPSA) is 22.0 Å². The van der Waals surface area contributed by atoms with E-state index in [1.807, 2.05) is 0 Å². The number of halogens is 4. The molecule has 0 unspecified atom stereocenters. The van der Waals surface area contributed by atoms with Gasteiger partial charge in [-0.15, -0.1) is 0 Å². The summed E-state index contributed by atoms with van der Waals surface area (Å²) >= 11 is 5.96. The Kier molecular flexibility index (Phi) is 3.66. The fraction of sp³-hybridized carbons (Fsp3) is 0.154. The summed E-state index contributed by atoms with van der Waals surface area (Å²) < 4.78 is 38.3. The number of aromatic nitrogens is 1. The third-order valence-corrected chi connectivity index (χ3v) is 2.95. The minimum atomic E-state index is -4.85. The molecule has 0 atom stereocenters. The van der Waals surface area contributed by atoms with Crippen molar-refractivity contribution in [1.29, 1.82) is 0 Å². The van der Waals surface area contributed by atoms with Crippen molar-refractivity contribution >= 4 is 17.4 Å². The molecule has 100 valence electrons. The molecule has 0 bridgehead atoms. The Bertz CT molecular complexity index is 604. The van der Waals surface area contributed by atoms with Crippen molar-refractivity contribution in [2.24, 2.45) is 0 Å². The molecule has 0 aliphatic carbocycles. The SMILES string of the molecule is O=C(c1ccn(Cc2ccccc2Cl)c1)C(F)(F)F. The molecule has 0 amide bonds. The number of hydrogen-bond donors (Lipinski definition) is 0. The Labute approximate surface area is 112 Å². The molecule has 2 aromatic rings. The van der Waals surface area contributed by atoms with Gasteiger partial charge in [0.05, 0.1) is 0 Å². The van der Waals surface area contributed by atoms with Gasteiger partial charge in [0.25, 0.3) is 5.78 Å². The molecule has 0 saturated carbocycles. The van der Waals surface area contributed by atoms with Crippen molar-refractivity contribution in [3.63, 3.8) is 0 Å². The standard InChI is InChI=1S/C13H9ClF3NO/c14-11-4-2-1-3-9(11)7-18-6-5-10(8-18)12(19)13(15,16)17/h1-6,8H,7H2. The van der Waals surface area contributed by atoms with Crippen molar-refractivity contribution in [3.8, 4) is 0 Å². The number of carbonyl (C=O) groups is 1. The zero-order valence-corrected chi connectivity index (χ0v) is 10.4. The number of nitrogens with zero attached hydrogens (tertiary/aromatic N) is 1. The second-order valence-electron chi connectivity index (χ2n) is 3.99. The summed E-state index contributed by atoms with van der Waals surface area (Å²) in [5, 5.41) is 0.528. The largest absolute Gasteiger partial charge is 0.454 e. The Balaban J connectivity index is 2.19. The maximum atomic E-state index is 12.3. The number of alkyl halides is 3. The van der Waals surface area contributed by atoms with Gasteiger partial charge in [-0.25, -0.2) is 0 Å². The maximum absolute atomic E-state index is 12.3. The smallest absolute Gasteiger partial charge is 0.349 e. The fourth-order valence-electron chi connectivity index (χ4n) is 1.66. The Morgan fingerprint density at radius 1 is 1.21 bits per heavy atom. The van der Waals surface area contributed by atoms with Gasteiger partial charge in [-0.3, -0.25) is 4.79 Å². The lowest BCUT2D eigenvalue weighted by Crippen LogP contribution is -2.22. The maximum Gasteiger partial charge on any atom is 0.454 e. The minimum absolute atomic E-state index is 0.310. The normalized spacial score (nSPS) is 11.6. The summed E-state index contributed by atoms with van der Waals surface area (Å²) in [6, 6.07) is 8.16. The highest BCUT2D eigenvalue weighted by Gasteiger charge is 2.39. The van der Waals surface area contributed by atoms with Crippen LogP contribution in [-0.2, 0) is 6.54 Å². The molecule has 0 saturated heterocycles. The quantitative estimate of drug-likeness (QED) is 0.784. The first-order chi connectivity index (χ1) is 8.88. The van der Waals surface area contributed by atoms with E-state index in [2.05, 4.69) is 0 Å². The molecule has 1 aromatic heterocycles. The van der Waals surface area contributed by atoms with Crippen LogP contribution in [0.5, 0.6) is 0 Å². The van der Waals surface area contributed by atoms with Crippen LogP contribution >= 0.6 is 11.6 Å². The summed E-state index contributed by atoms with van der Waals surface area (Å²) in [4.78, 5) is 11.0. The second kappa shape index (κ2) is 5.09. The molecular formula is C13H9ClF3NO. The minimum Gasteiger partial charge on any atom is -0.349 e. The highest BCUT2D eigenvalue weighted by atomic mass is 35.5. The van der Waals surface area contributed by atoms with Crippen molar-refractivity contribution in [3.05, 3.63) is 58.9 Å². The van der Waals surface area contributed by atoms with Gasteiger partial charge >= 0.3 is 6.18 Å². The lowest BCUT2D eigenvalue weighted by Gasteiger charge is -2.05. The van der Waals surface area contributed by atoms with Gasteiger partial charge in [-0.05, 0) is 17.7 Å². The molecule has 6 heteroatoms. The van der Waals surface area contributed by atoms with Crippen LogP contribution in [0.15, 0.2) is 42.7 Å². The predicted octanol–water partition coefficient (Wildman–Crippen LogP) is 3.93. The van der Waals surface area contributed by atoms with E-state index in [1.54, 1.807) is 24.3 Å². The van der Waals surface area contributed by atoms with Gasteiger partial charge in [0.2, 0.25) is 0 Å². The van der Waals surface area contributed by atoms with E-state index < -0.39 is 12.0 Å². The van der Waals surface area contributed by atoms with E-state index in [-0.39, 0.29) is 5.56 Å². The molecule has 0 spiro atoms. The van der Waals surface area contributed by atoms with E-state index in [1.165, 1.54) is 17.0 Å². The first-order valence-electron chi connectivity index (χ1n) is 5.38. The van der Waals surface area contributed by atoms with Crippen molar-refractivity contribution in [1.82, 2.24) is 4.57 Å². The van der Waals surface area contributed by atoms with E-state index >= 15 is 0 Å². The van der Waals surface area contributed by atoms with Crippen LogP contribution in [-0.4, -0.2) is 16.5 Å². The first-order valence-corrected chi connectivity index (χ1v) is 5.76. The Morgan fingerprint density at radius 2 is 1.89 bits per heavy atom. The molecule has 2 rings (SSSR count). The lowest BCUT2D eigenvalue weighted by molar-refractivity contribution is -0.0885. The van der Waals surface area contributed by atoms with Crippen LogP contribution < -0.4 is 0 Å². The van der Waals surface area contributed by atoms with Crippen LogP contribution in [0.1, 0.15) is 15.9 Å². The first kappa shape index (κ1) is 13.7. The average molecular weight is 288 g/mol. The summed E-state index contributed by atoms with van der Waals surface area (Å²) in [7, 11) is 0. The molecular weight excluding hydrogens is 279 g/mol. The van der Waals surface area contributed by atoms with Gasteiger partial charge in [0, 0.05) is 29.5 Å². The third-order valence-electron chi connectivity index (χ3n) is 2.58. The van der Waals surface area contributed by atoms with E-state index in [0.29, 0.717) is 11.6 Å². The van der Waals surface area contributed by atoms with Crippen LogP contribution in [0.25, 0.3) is 0 Å². The second-order valence-corrected chi connectivity index (χ2v) is 4.40. The van der Waals surface area contributed by atoms with E-state index in [0.717, 1.165) is 11.6 Å². The third kappa shape index (κ3) is 3.17. The van der Waals surface area contributed by atoms with Gasteiger partial charge in [0.15, 0.2) is 0 Å². The number of hydrogen-bond acceptors (Lipinski definition) is 1. The molecule has 0 aliphatic heterocycles. The zero-order valence-electron chi connectivity index (χ0n) is 9.62. The summed E-state index contributed by atoms with van der Waals surface area (Å²) in [6.45, 7) is 0.310. The monoisotopic (exact) mass is 287 g/mol. The van der Waals surface area contributed by atoms with Crippen LogP contribution in [0.4, 0.5) is 13.2 Å². The summed E-state index contributed by atoms with van der Waals surface area (Å²) in [5.41, 5.74) is 0.394. The molecule has 0 aliphatic rings. The van der Waals surface area contributed by atoms with Crippen molar-refractivity contribution in [2.45, 2.75) is 12.7 Å². The van der Waals surface area contributed by atoms with E-state index in [4.69, 9.17) is 11.6 Å². The van der Waals surface area contributed by atoms with Gasteiger partial charge < -0.3 is 4.57 Å². The average Bonchev–Trinajstić information content (AvgIpc) is 2.78. The molecule has 1 aromatic carbocycles. The number of Topliss-reactive ketones (excluding diaryl/α,β-unsaturated/α-hetero) is 1. The van der Waals surface area contributed by atoms with Gasteiger partial charge in [0.1, 0.15) is 0 Å². The highest BCUT2D eigenvalue weighted by molar-refractivity contribution is 6.31. The number of rotatable bonds is 3. The van der Waals surface area contributed by atoms with Crippen molar-refractivity contribution < 1.29 is 18.0 Å². The fourth-order valence-corrected chi connectivity index (χ4v) is 1.86. The van der Waals surface area contributed by atoms with E-state index in [9.17, 15) is 18.0 Å². The number of carbonyl (C=O) groups excluding carboxylic acids is 1. The van der Waals surface area contributed by atoms with Gasteiger partial charge in [-0.1, -0.05) is 29.8 Å². The van der Waals surface area contributed by atoms with Crippen LogP contribution in [0, 0.1) is 0 Å². The molecule has 0 radical (unpaired) electrons. The Hall–Kier alpha value is -1.75. The number of ketones is 1. The summed E-state index contributed by atoms with van der Waals surface area (Å²) in [5.74, 6) is -1.84. The molecule has 2 nitrogen and oxygen atoms in total. The predicted molar refractivity (Wildman–Crippen MR) is 65.4 cm³/mol. The molecule has 1 heterocycles. The van der Waals surface area contributed by atoms with Gasteiger partial charge in [-0.2, -0.15) is 13.2 Å². The molecule has 0 fully saturated rings. The highest BCUT2D eigenvalue weighted by Crippen LogP contribution is 2.22. The lowest BCUT2D eigenvalue weighted by atomic mass is 10.2. The summed E-state index contributed by atoms with van der Waals surface area (Å²) in [6.07, 6.45) is -2.27. The van der Waals surface area contributed by atoms with Crippen LogP contribution in [0.3, 0.4) is 0 Å². The van der Waals surface area contributed by atoms with Crippen LogP contribution in [0.2, 0.25) is 5.02 Å².